The van der Waals surface area contributed by atoms with Crippen LogP contribution in [-0.2, 0) is 6.54 Å². The van der Waals surface area contributed by atoms with Crippen LogP contribution in [0.3, 0.4) is 0 Å². The van der Waals surface area contributed by atoms with Crippen LogP contribution in [0.5, 0.6) is 0 Å². The highest BCUT2D eigenvalue weighted by Crippen LogP contribution is 3.02. The van der Waals surface area contributed by atoms with E-state index >= 15 is 0 Å². The summed E-state index contributed by atoms with van der Waals surface area (Å²) >= 11 is 0. The quantitative estimate of drug-likeness (QED) is 0.629. The minimum Gasteiger partial charge on any atom is -0.371 e. The molecule has 144 valence electrons. The molecular formula is C18H21F5N2S. The van der Waals surface area contributed by atoms with E-state index in [4.69, 9.17) is 5.73 Å². The van der Waals surface area contributed by atoms with Crippen molar-refractivity contribution < 1.29 is 19.4 Å². The van der Waals surface area contributed by atoms with Crippen molar-refractivity contribution in [3.8, 4) is 0 Å². The fourth-order valence-corrected chi connectivity index (χ4v) is 3.96. The van der Waals surface area contributed by atoms with Crippen LogP contribution < -0.4 is 10.6 Å². The molecule has 0 atom stereocenters. The number of nitrogens with two attached hydrogens (primary N) is 1. The minimum absolute atomic E-state index is 0.0714. The van der Waals surface area contributed by atoms with Crippen molar-refractivity contribution in [3.63, 3.8) is 0 Å². The van der Waals surface area contributed by atoms with E-state index < -0.39 is 15.1 Å². The van der Waals surface area contributed by atoms with E-state index in [1.807, 2.05) is 24.3 Å². The lowest BCUT2D eigenvalue weighted by Gasteiger charge is -2.40. The molecular weight excluding hydrogens is 371 g/mol. The highest BCUT2D eigenvalue weighted by Gasteiger charge is 2.65. The SMILES string of the molecule is NCc1ccc(N2CCC(c3ccc(S(F)(F)(F)(F)F)cc3)CC2)cc1. The normalized spacial score (nSPS) is 19.1. The zero-order valence-corrected chi connectivity index (χ0v) is 14.9. The van der Waals surface area contributed by atoms with Gasteiger partial charge in [-0.3, -0.25) is 0 Å². The summed E-state index contributed by atoms with van der Waals surface area (Å²) in [5.74, 6) is 0.0714. The van der Waals surface area contributed by atoms with Gasteiger partial charge in [0.25, 0.3) is 0 Å². The Labute approximate surface area is 149 Å². The summed E-state index contributed by atoms with van der Waals surface area (Å²) in [5.41, 5.74) is 8.39. The van der Waals surface area contributed by atoms with Gasteiger partial charge in [0.1, 0.15) is 4.90 Å². The van der Waals surface area contributed by atoms with E-state index in [-0.39, 0.29) is 5.92 Å². The topological polar surface area (TPSA) is 29.3 Å². The van der Waals surface area contributed by atoms with Gasteiger partial charge in [-0.1, -0.05) is 43.7 Å². The summed E-state index contributed by atoms with van der Waals surface area (Å²) in [5, 5.41) is 0. The van der Waals surface area contributed by atoms with Crippen LogP contribution in [0, 0.1) is 0 Å². The van der Waals surface area contributed by atoms with E-state index in [0.717, 1.165) is 37.2 Å². The summed E-state index contributed by atoms with van der Waals surface area (Å²) in [6, 6.07) is 11.3. The third-order valence-electron chi connectivity index (χ3n) is 4.83. The molecule has 1 aliphatic rings. The van der Waals surface area contributed by atoms with Crippen LogP contribution in [0.15, 0.2) is 53.4 Å². The van der Waals surface area contributed by atoms with Gasteiger partial charge in [-0.05, 0) is 54.2 Å². The number of hydrogen-bond donors (Lipinski definition) is 1. The molecule has 0 unspecified atom stereocenters. The molecule has 0 aromatic heterocycles. The molecule has 0 radical (unpaired) electrons. The molecule has 2 N–H and O–H groups in total. The van der Waals surface area contributed by atoms with Crippen molar-refractivity contribution in [3.05, 3.63) is 59.7 Å². The lowest BCUT2D eigenvalue weighted by Crippen LogP contribution is -2.32. The van der Waals surface area contributed by atoms with Crippen LogP contribution in [0.25, 0.3) is 0 Å². The van der Waals surface area contributed by atoms with Crippen LogP contribution in [0.1, 0.15) is 29.9 Å². The number of rotatable bonds is 4. The smallest absolute Gasteiger partial charge is 0.310 e. The highest BCUT2D eigenvalue weighted by atomic mass is 32.5. The summed E-state index contributed by atoms with van der Waals surface area (Å²) in [6.07, 6.45) is 1.52. The Bertz CT molecular complexity index is 765. The number of nitrogens with zero attached hydrogens (tertiary/aromatic N) is 1. The van der Waals surface area contributed by atoms with E-state index in [0.29, 0.717) is 24.2 Å². The van der Waals surface area contributed by atoms with Crippen LogP contribution in [0.2, 0.25) is 0 Å². The van der Waals surface area contributed by atoms with E-state index in [1.165, 1.54) is 12.1 Å². The maximum atomic E-state index is 12.8. The molecule has 1 aliphatic heterocycles. The predicted octanol–water partition coefficient (Wildman–Crippen LogP) is 6.19. The van der Waals surface area contributed by atoms with Gasteiger partial charge in [0.05, 0.1) is 0 Å². The van der Waals surface area contributed by atoms with Gasteiger partial charge < -0.3 is 10.6 Å². The van der Waals surface area contributed by atoms with Gasteiger partial charge in [0, 0.05) is 25.3 Å². The highest BCUT2D eigenvalue weighted by molar-refractivity contribution is 8.45. The first-order chi connectivity index (χ1) is 12.0. The van der Waals surface area contributed by atoms with Gasteiger partial charge in [-0.2, -0.15) is 0 Å². The first kappa shape index (κ1) is 19.0. The van der Waals surface area contributed by atoms with Crippen LogP contribution >= 0.6 is 10.2 Å². The Kier molecular flexibility index (Phi) is 4.27. The Hall–Kier alpha value is -1.80. The Morgan fingerprint density at radius 1 is 0.846 bits per heavy atom. The molecule has 0 bridgehead atoms. The molecule has 3 rings (SSSR count). The van der Waals surface area contributed by atoms with Crippen LogP contribution in [0.4, 0.5) is 25.1 Å². The van der Waals surface area contributed by atoms with Gasteiger partial charge in [0.2, 0.25) is 0 Å². The summed E-state index contributed by atoms with van der Waals surface area (Å²) in [7, 11) is -9.59. The Morgan fingerprint density at radius 2 is 1.38 bits per heavy atom. The molecule has 0 aliphatic carbocycles. The van der Waals surface area contributed by atoms with Crippen molar-refractivity contribution in [2.75, 3.05) is 18.0 Å². The predicted molar refractivity (Wildman–Crippen MR) is 96.4 cm³/mol. The largest absolute Gasteiger partial charge is 0.371 e. The molecule has 1 saturated heterocycles. The zero-order chi connectivity index (χ0) is 19.1. The van der Waals surface area contributed by atoms with E-state index in [9.17, 15) is 19.4 Å². The zero-order valence-electron chi connectivity index (χ0n) is 14.1. The molecule has 1 heterocycles. The van der Waals surface area contributed by atoms with Gasteiger partial charge in [-0.15, -0.1) is 0 Å². The number of hydrogen-bond acceptors (Lipinski definition) is 2. The van der Waals surface area contributed by atoms with Crippen molar-refractivity contribution in [1.82, 2.24) is 0 Å². The average molecular weight is 392 g/mol. The van der Waals surface area contributed by atoms with Gasteiger partial charge >= 0.3 is 10.2 Å². The molecule has 8 heteroatoms. The third-order valence-corrected chi connectivity index (χ3v) is 5.99. The molecule has 2 aromatic carbocycles. The molecule has 2 nitrogen and oxygen atoms in total. The maximum Gasteiger partial charge on any atom is 0.310 e. The first-order valence-electron chi connectivity index (χ1n) is 8.34. The molecule has 0 saturated carbocycles. The fourth-order valence-electron chi connectivity index (χ4n) is 3.31. The van der Waals surface area contributed by atoms with E-state index in [2.05, 4.69) is 4.90 Å². The lowest BCUT2D eigenvalue weighted by atomic mass is 9.89. The summed E-state index contributed by atoms with van der Waals surface area (Å²) in [6.45, 7) is 2.00. The van der Waals surface area contributed by atoms with Crippen LogP contribution in [-0.4, -0.2) is 13.1 Å². The second kappa shape index (κ2) is 5.85. The number of anilines is 1. The number of halogens is 5. The van der Waals surface area contributed by atoms with Crippen molar-refractivity contribution in [1.29, 1.82) is 0 Å². The van der Waals surface area contributed by atoms with Crippen molar-refractivity contribution in [2.45, 2.75) is 30.2 Å². The number of piperidine rings is 1. The average Bonchev–Trinajstić information content (AvgIpc) is 2.60. The summed E-state index contributed by atoms with van der Waals surface area (Å²) < 4.78 is 64.0. The molecule has 1 fully saturated rings. The van der Waals surface area contributed by atoms with Crippen molar-refractivity contribution in [2.24, 2.45) is 5.73 Å². The number of benzene rings is 2. The Balaban J connectivity index is 1.66. The monoisotopic (exact) mass is 392 g/mol. The fraction of sp³-hybridized carbons (Fsp3) is 0.333. The second-order valence-electron chi connectivity index (χ2n) is 6.67. The molecule has 0 spiro atoms. The summed E-state index contributed by atoms with van der Waals surface area (Å²) in [4.78, 5) is 0.381. The van der Waals surface area contributed by atoms with E-state index in [1.54, 1.807) is 0 Å². The molecule has 2 aromatic rings. The molecule has 0 amide bonds. The Morgan fingerprint density at radius 3 is 1.85 bits per heavy atom. The van der Waals surface area contributed by atoms with Gasteiger partial charge in [0.15, 0.2) is 0 Å². The molecule has 26 heavy (non-hydrogen) atoms. The third kappa shape index (κ3) is 4.29. The van der Waals surface area contributed by atoms with Gasteiger partial charge in [-0.25, -0.2) is 0 Å². The minimum atomic E-state index is -9.59. The van der Waals surface area contributed by atoms with Crippen molar-refractivity contribution >= 4 is 15.9 Å². The maximum absolute atomic E-state index is 12.8. The lowest BCUT2D eigenvalue weighted by molar-refractivity contribution is 0.364. The standard InChI is InChI=1S/C18H21F5N2S/c19-26(20,21,22,23)18-7-3-15(4-8-18)16-9-11-25(12-10-16)17-5-1-14(13-24)2-6-17/h1-8,16H,9-13,24H2. The second-order valence-corrected chi connectivity index (χ2v) is 9.08. The first-order valence-corrected chi connectivity index (χ1v) is 10.3.